The van der Waals surface area contributed by atoms with Gasteiger partial charge < -0.3 is 15.0 Å². The van der Waals surface area contributed by atoms with E-state index in [0.717, 1.165) is 11.2 Å². The Morgan fingerprint density at radius 1 is 1.30 bits per heavy atom. The second kappa shape index (κ2) is 4.48. The molecule has 0 radical (unpaired) electrons. The summed E-state index contributed by atoms with van der Waals surface area (Å²) in [6.45, 7) is 1.62. The van der Waals surface area contributed by atoms with E-state index in [1.54, 1.807) is 31.6 Å². The lowest BCUT2D eigenvalue weighted by Crippen LogP contribution is -1.97. The van der Waals surface area contributed by atoms with Crippen LogP contribution in [-0.2, 0) is 7.05 Å². The smallest absolute Gasteiger partial charge is 0.159 e. The molecule has 2 aromatic heterocycles. The molecular weight excluding hydrogens is 259 g/mol. The predicted octanol–water partition coefficient (Wildman–Crippen LogP) is 2.79. The summed E-state index contributed by atoms with van der Waals surface area (Å²) < 4.78 is 21.2. The third-order valence-electron chi connectivity index (χ3n) is 3.12. The number of imidazole rings is 1. The lowest BCUT2D eigenvalue weighted by Gasteiger charge is -2.10. The summed E-state index contributed by atoms with van der Waals surface area (Å²) in [5, 5.41) is 0. The van der Waals surface area contributed by atoms with Crippen molar-refractivity contribution in [1.29, 1.82) is 0 Å². The van der Waals surface area contributed by atoms with Crippen molar-refractivity contribution in [2.75, 3.05) is 5.73 Å². The van der Waals surface area contributed by atoms with Crippen LogP contribution >= 0.6 is 0 Å². The number of hydrogen-bond acceptors (Lipinski definition) is 4. The number of anilines is 1. The van der Waals surface area contributed by atoms with Gasteiger partial charge >= 0.3 is 0 Å². The van der Waals surface area contributed by atoms with Crippen molar-refractivity contribution in [2.24, 2.45) is 7.05 Å². The molecule has 5 nitrogen and oxygen atoms in total. The maximum atomic E-state index is 13.7. The monoisotopic (exact) mass is 272 g/mol. The molecule has 0 aliphatic rings. The van der Waals surface area contributed by atoms with Crippen molar-refractivity contribution >= 4 is 16.9 Å². The van der Waals surface area contributed by atoms with Crippen molar-refractivity contribution in [3.8, 4) is 11.5 Å². The first-order valence-corrected chi connectivity index (χ1v) is 6.06. The van der Waals surface area contributed by atoms with Crippen LogP contribution < -0.4 is 10.5 Å². The van der Waals surface area contributed by atoms with E-state index in [1.807, 2.05) is 11.6 Å². The molecule has 0 spiro atoms. The molecule has 1 aromatic carbocycles. The van der Waals surface area contributed by atoms with Gasteiger partial charge in [-0.2, -0.15) is 0 Å². The van der Waals surface area contributed by atoms with Crippen LogP contribution in [-0.4, -0.2) is 14.5 Å². The van der Waals surface area contributed by atoms with E-state index in [4.69, 9.17) is 10.5 Å². The number of hydrogen-bond donors (Lipinski definition) is 1. The van der Waals surface area contributed by atoms with Crippen molar-refractivity contribution in [1.82, 2.24) is 14.5 Å². The first kappa shape index (κ1) is 12.4. The average Bonchev–Trinajstić information content (AvgIpc) is 2.81. The molecule has 20 heavy (non-hydrogen) atoms. The summed E-state index contributed by atoms with van der Waals surface area (Å²) in [6.07, 6.45) is 3.26. The molecule has 6 heteroatoms. The molecule has 0 unspecified atom stereocenters. The number of pyridine rings is 1. The number of rotatable bonds is 2. The van der Waals surface area contributed by atoms with Crippen LogP contribution in [0.25, 0.3) is 11.2 Å². The number of benzene rings is 1. The SMILES string of the molecule is Cc1c(Oc2cnc3c(c2)ncn3C)ccc(N)c1F. The van der Waals surface area contributed by atoms with Gasteiger partial charge in [-0.25, -0.2) is 14.4 Å². The van der Waals surface area contributed by atoms with E-state index in [1.165, 1.54) is 6.07 Å². The molecule has 3 rings (SSSR count). The molecule has 0 bridgehead atoms. The van der Waals surface area contributed by atoms with Crippen LogP contribution in [0.2, 0.25) is 0 Å². The van der Waals surface area contributed by atoms with Crippen LogP contribution in [0.5, 0.6) is 11.5 Å². The van der Waals surface area contributed by atoms with Crippen LogP contribution in [0.1, 0.15) is 5.56 Å². The van der Waals surface area contributed by atoms with Crippen molar-refractivity contribution in [3.63, 3.8) is 0 Å². The van der Waals surface area contributed by atoms with Gasteiger partial charge in [0.25, 0.3) is 0 Å². The second-order valence-electron chi connectivity index (χ2n) is 4.56. The maximum Gasteiger partial charge on any atom is 0.159 e. The zero-order chi connectivity index (χ0) is 14.3. The molecule has 2 N–H and O–H groups in total. The van der Waals surface area contributed by atoms with Crippen LogP contribution in [0, 0.1) is 12.7 Å². The van der Waals surface area contributed by atoms with Gasteiger partial charge in [-0.1, -0.05) is 0 Å². The maximum absolute atomic E-state index is 13.7. The molecule has 3 aromatic rings. The van der Waals surface area contributed by atoms with Gasteiger partial charge in [-0.3, -0.25) is 0 Å². The predicted molar refractivity (Wildman–Crippen MR) is 74.1 cm³/mol. The lowest BCUT2D eigenvalue weighted by atomic mass is 10.2. The quantitative estimate of drug-likeness (QED) is 0.728. The van der Waals surface area contributed by atoms with E-state index in [2.05, 4.69) is 9.97 Å². The molecular formula is C14H13FN4O. The summed E-state index contributed by atoms with van der Waals surface area (Å²) >= 11 is 0. The van der Waals surface area contributed by atoms with Gasteiger partial charge in [0.2, 0.25) is 0 Å². The average molecular weight is 272 g/mol. The normalized spacial score (nSPS) is 10.9. The Balaban J connectivity index is 1.99. The van der Waals surface area contributed by atoms with E-state index >= 15 is 0 Å². The fraction of sp³-hybridized carbons (Fsp3) is 0.143. The third-order valence-corrected chi connectivity index (χ3v) is 3.12. The minimum atomic E-state index is -0.464. The standard InChI is InChI=1S/C14H13FN4O/c1-8-12(4-3-10(16)13(8)15)20-9-5-11-14(17-6-9)19(2)7-18-11/h3-7H,16H2,1-2H3. The van der Waals surface area contributed by atoms with Crippen molar-refractivity contribution in [2.45, 2.75) is 6.92 Å². The Kier molecular flexibility index (Phi) is 2.78. The van der Waals surface area contributed by atoms with Gasteiger partial charge in [0.15, 0.2) is 11.5 Å². The van der Waals surface area contributed by atoms with E-state index in [-0.39, 0.29) is 5.69 Å². The van der Waals surface area contributed by atoms with Crippen molar-refractivity contribution in [3.05, 3.63) is 42.1 Å². The van der Waals surface area contributed by atoms with Gasteiger partial charge in [0, 0.05) is 18.7 Å². The Morgan fingerprint density at radius 3 is 2.90 bits per heavy atom. The highest BCUT2D eigenvalue weighted by molar-refractivity contribution is 5.72. The second-order valence-corrected chi connectivity index (χ2v) is 4.56. The Bertz CT molecular complexity index is 797. The van der Waals surface area contributed by atoms with Crippen LogP contribution in [0.15, 0.2) is 30.7 Å². The number of aromatic nitrogens is 3. The minimum Gasteiger partial charge on any atom is -0.455 e. The molecule has 0 saturated heterocycles. The minimum absolute atomic E-state index is 0.105. The van der Waals surface area contributed by atoms with Gasteiger partial charge in [-0.05, 0) is 19.1 Å². The highest BCUT2D eigenvalue weighted by atomic mass is 19.1. The Morgan fingerprint density at radius 2 is 2.10 bits per heavy atom. The van der Waals surface area contributed by atoms with E-state index < -0.39 is 5.82 Å². The zero-order valence-corrected chi connectivity index (χ0v) is 11.1. The van der Waals surface area contributed by atoms with Crippen molar-refractivity contribution < 1.29 is 9.13 Å². The Labute approximate surface area is 114 Å². The summed E-state index contributed by atoms with van der Waals surface area (Å²) in [5.74, 6) is 0.451. The number of nitrogen functional groups attached to an aromatic ring is 1. The molecule has 0 amide bonds. The largest absolute Gasteiger partial charge is 0.455 e. The number of nitrogens with zero attached hydrogens (tertiary/aromatic N) is 3. The first-order chi connectivity index (χ1) is 9.56. The fourth-order valence-corrected chi connectivity index (χ4v) is 1.98. The van der Waals surface area contributed by atoms with Gasteiger partial charge in [0.1, 0.15) is 17.0 Å². The number of ether oxygens (including phenoxy) is 1. The number of halogens is 1. The van der Waals surface area contributed by atoms with E-state index in [0.29, 0.717) is 17.1 Å². The molecule has 0 aliphatic carbocycles. The van der Waals surface area contributed by atoms with Crippen LogP contribution in [0.4, 0.5) is 10.1 Å². The summed E-state index contributed by atoms with van der Waals surface area (Å²) in [4.78, 5) is 8.46. The number of nitrogens with two attached hydrogens (primary N) is 1. The third kappa shape index (κ3) is 1.95. The summed E-state index contributed by atoms with van der Waals surface area (Å²) in [6, 6.07) is 4.87. The van der Waals surface area contributed by atoms with E-state index in [9.17, 15) is 4.39 Å². The highest BCUT2D eigenvalue weighted by Gasteiger charge is 2.10. The molecule has 0 fully saturated rings. The fourth-order valence-electron chi connectivity index (χ4n) is 1.98. The molecule has 0 saturated carbocycles. The summed E-state index contributed by atoms with van der Waals surface area (Å²) in [5.41, 5.74) is 7.46. The molecule has 2 heterocycles. The molecule has 0 aliphatic heterocycles. The number of aryl methyl sites for hydroxylation is 1. The van der Waals surface area contributed by atoms with Gasteiger partial charge in [-0.15, -0.1) is 0 Å². The zero-order valence-electron chi connectivity index (χ0n) is 11.1. The summed E-state index contributed by atoms with van der Waals surface area (Å²) in [7, 11) is 1.86. The molecule has 0 atom stereocenters. The topological polar surface area (TPSA) is 66.0 Å². The molecule has 102 valence electrons. The first-order valence-electron chi connectivity index (χ1n) is 6.06. The van der Waals surface area contributed by atoms with Crippen LogP contribution in [0.3, 0.4) is 0 Å². The number of fused-ring (bicyclic) bond motifs is 1. The highest BCUT2D eigenvalue weighted by Crippen LogP contribution is 2.29. The van der Waals surface area contributed by atoms with Gasteiger partial charge in [0.05, 0.1) is 18.2 Å². The Hall–Kier alpha value is -2.63. The lowest BCUT2D eigenvalue weighted by molar-refractivity contribution is 0.470.